The first-order chi connectivity index (χ1) is 13.2. The van der Waals surface area contributed by atoms with E-state index < -0.39 is 35.1 Å². The predicted octanol–water partition coefficient (Wildman–Crippen LogP) is 3.32. The van der Waals surface area contributed by atoms with E-state index in [0.717, 1.165) is 18.2 Å². The fourth-order valence-corrected chi connectivity index (χ4v) is 2.52. The topological polar surface area (TPSA) is 87.3 Å². The van der Waals surface area contributed by atoms with Gasteiger partial charge < -0.3 is 16.0 Å². The number of hydrogen-bond donors (Lipinski definition) is 3. The highest BCUT2D eigenvalue weighted by Crippen LogP contribution is 2.16. The number of amides is 3. The summed E-state index contributed by atoms with van der Waals surface area (Å²) in [5, 5.41) is 7.62. The van der Waals surface area contributed by atoms with Crippen molar-refractivity contribution in [2.45, 2.75) is 26.8 Å². The highest BCUT2D eigenvalue weighted by Gasteiger charge is 2.27. The molecule has 0 fully saturated rings. The molecule has 2 rings (SSSR count). The maximum atomic E-state index is 13.8. The van der Waals surface area contributed by atoms with Crippen LogP contribution in [0.4, 0.5) is 20.2 Å². The second-order valence-corrected chi connectivity index (χ2v) is 6.54. The van der Waals surface area contributed by atoms with Gasteiger partial charge in [-0.15, -0.1) is 0 Å². The third kappa shape index (κ3) is 5.35. The number of carbonyl (C=O) groups excluding carboxylic acids is 3. The lowest BCUT2D eigenvalue weighted by molar-refractivity contribution is -0.119. The average Bonchev–Trinajstić information content (AvgIpc) is 2.60. The lowest BCUT2D eigenvalue weighted by Crippen LogP contribution is -2.47. The Hall–Kier alpha value is -3.29. The summed E-state index contributed by atoms with van der Waals surface area (Å²) in [7, 11) is 0. The van der Waals surface area contributed by atoms with Crippen molar-refractivity contribution in [3.63, 3.8) is 0 Å². The standard InChI is InChI=1S/C20H21F2N3O3/c1-11(2)18(25-19(27)17-15(21)5-4-6-16(17)22)20(28)24-14-9-7-13(8-10-14)23-12(3)26/h4-11,18H,1-3H3,(H,23,26)(H,24,28)(H,25,27). The van der Waals surface area contributed by atoms with Crippen molar-refractivity contribution in [3.8, 4) is 0 Å². The second kappa shape index (κ2) is 9.07. The Morgan fingerprint density at radius 2 is 1.36 bits per heavy atom. The summed E-state index contributed by atoms with van der Waals surface area (Å²) in [6, 6.07) is 8.46. The molecule has 1 unspecified atom stereocenters. The number of benzene rings is 2. The molecule has 2 aromatic carbocycles. The summed E-state index contributed by atoms with van der Waals surface area (Å²) in [4.78, 5) is 35.9. The van der Waals surface area contributed by atoms with Crippen LogP contribution in [0.3, 0.4) is 0 Å². The predicted molar refractivity (Wildman–Crippen MR) is 102 cm³/mol. The van der Waals surface area contributed by atoms with Crippen LogP contribution in [0.5, 0.6) is 0 Å². The van der Waals surface area contributed by atoms with Gasteiger partial charge in [0.2, 0.25) is 11.8 Å². The minimum absolute atomic E-state index is 0.222. The number of halogens is 2. The largest absolute Gasteiger partial charge is 0.340 e. The summed E-state index contributed by atoms with van der Waals surface area (Å²) in [6.07, 6.45) is 0. The van der Waals surface area contributed by atoms with Crippen molar-refractivity contribution in [1.82, 2.24) is 5.32 Å². The molecule has 3 amide bonds. The number of anilines is 2. The Morgan fingerprint density at radius 3 is 1.82 bits per heavy atom. The SMILES string of the molecule is CC(=O)Nc1ccc(NC(=O)C(NC(=O)c2c(F)cccc2F)C(C)C)cc1. The summed E-state index contributed by atoms with van der Waals surface area (Å²) >= 11 is 0. The van der Waals surface area contributed by atoms with Crippen molar-refractivity contribution in [2.75, 3.05) is 10.6 Å². The molecule has 8 heteroatoms. The number of hydrogen-bond acceptors (Lipinski definition) is 3. The van der Waals surface area contributed by atoms with Gasteiger partial charge >= 0.3 is 0 Å². The molecule has 0 aromatic heterocycles. The quantitative estimate of drug-likeness (QED) is 0.708. The molecule has 6 nitrogen and oxygen atoms in total. The summed E-state index contributed by atoms with van der Waals surface area (Å²) in [6.45, 7) is 4.77. The van der Waals surface area contributed by atoms with Crippen LogP contribution in [-0.4, -0.2) is 23.8 Å². The van der Waals surface area contributed by atoms with Gasteiger partial charge in [-0.3, -0.25) is 14.4 Å². The van der Waals surface area contributed by atoms with Gasteiger partial charge in [0.15, 0.2) is 0 Å². The molecule has 0 spiro atoms. The Kier molecular flexibility index (Phi) is 6.81. The average molecular weight is 389 g/mol. The minimum atomic E-state index is -1.01. The lowest BCUT2D eigenvalue weighted by Gasteiger charge is -2.22. The molecule has 0 saturated heterocycles. The maximum absolute atomic E-state index is 13.8. The third-order valence-electron chi connectivity index (χ3n) is 3.90. The van der Waals surface area contributed by atoms with Crippen LogP contribution in [0.2, 0.25) is 0 Å². The Morgan fingerprint density at radius 1 is 0.857 bits per heavy atom. The smallest absolute Gasteiger partial charge is 0.257 e. The van der Waals surface area contributed by atoms with Gasteiger partial charge in [0.05, 0.1) is 0 Å². The molecule has 0 aliphatic carbocycles. The molecule has 2 aromatic rings. The summed E-state index contributed by atoms with van der Waals surface area (Å²) in [5.74, 6) is -4.11. The van der Waals surface area contributed by atoms with Crippen molar-refractivity contribution in [1.29, 1.82) is 0 Å². The van der Waals surface area contributed by atoms with Gasteiger partial charge in [0.1, 0.15) is 23.2 Å². The molecule has 0 bridgehead atoms. The van der Waals surface area contributed by atoms with Crippen LogP contribution < -0.4 is 16.0 Å². The molecule has 0 radical (unpaired) electrons. The normalized spacial score (nSPS) is 11.6. The first-order valence-corrected chi connectivity index (χ1v) is 8.62. The van der Waals surface area contributed by atoms with E-state index in [0.29, 0.717) is 11.4 Å². The zero-order valence-electron chi connectivity index (χ0n) is 15.7. The van der Waals surface area contributed by atoms with Gasteiger partial charge in [-0.1, -0.05) is 19.9 Å². The second-order valence-electron chi connectivity index (χ2n) is 6.54. The van der Waals surface area contributed by atoms with Crippen molar-refractivity contribution >= 4 is 29.1 Å². The van der Waals surface area contributed by atoms with Gasteiger partial charge in [-0.2, -0.15) is 0 Å². The number of rotatable bonds is 6. The van der Waals surface area contributed by atoms with Crippen molar-refractivity contribution in [2.24, 2.45) is 5.92 Å². The van der Waals surface area contributed by atoms with Crippen LogP contribution in [0.25, 0.3) is 0 Å². The van der Waals surface area contributed by atoms with E-state index in [-0.39, 0.29) is 11.8 Å². The van der Waals surface area contributed by atoms with E-state index in [2.05, 4.69) is 16.0 Å². The van der Waals surface area contributed by atoms with E-state index in [1.165, 1.54) is 6.92 Å². The highest BCUT2D eigenvalue weighted by molar-refractivity contribution is 6.01. The molecule has 0 saturated carbocycles. The zero-order valence-corrected chi connectivity index (χ0v) is 15.7. The molecule has 148 valence electrons. The van der Waals surface area contributed by atoms with Gasteiger partial charge in [0, 0.05) is 18.3 Å². The zero-order chi connectivity index (χ0) is 20.8. The lowest BCUT2D eigenvalue weighted by atomic mass is 10.0. The van der Waals surface area contributed by atoms with Crippen LogP contribution in [0.1, 0.15) is 31.1 Å². The van der Waals surface area contributed by atoms with Crippen LogP contribution in [0.15, 0.2) is 42.5 Å². The Balaban J connectivity index is 2.11. The summed E-state index contributed by atoms with van der Waals surface area (Å²) < 4.78 is 27.6. The molecule has 28 heavy (non-hydrogen) atoms. The Labute approximate surface area is 161 Å². The van der Waals surface area contributed by atoms with Crippen LogP contribution in [0, 0.1) is 17.6 Å². The molecule has 0 aliphatic heterocycles. The molecule has 3 N–H and O–H groups in total. The monoisotopic (exact) mass is 389 g/mol. The first kappa shape index (κ1) is 21.0. The maximum Gasteiger partial charge on any atom is 0.257 e. The molecule has 1 atom stereocenters. The summed E-state index contributed by atoms with van der Waals surface area (Å²) in [5.41, 5.74) is 0.269. The fourth-order valence-electron chi connectivity index (χ4n) is 2.52. The van der Waals surface area contributed by atoms with Gasteiger partial charge in [0.25, 0.3) is 5.91 Å². The molecular weight excluding hydrogens is 368 g/mol. The van der Waals surface area contributed by atoms with Crippen LogP contribution >= 0.6 is 0 Å². The third-order valence-corrected chi connectivity index (χ3v) is 3.90. The number of carbonyl (C=O) groups is 3. The van der Waals surface area contributed by atoms with Gasteiger partial charge in [-0.05, 0) is 42.3 Å². The highest BCUT2D eigenvalue weighted by atomic mass is 19.1. The Bertz CT molecular complexity index is 863. The fraction of sp³-hybridized carbons (Fsp3) is 0.250. The minimum Gasteiger partial charge on any atom is -0.340 e. The van der Waals surface area contributed by atoms with E-state index in [4.69, 9.17) is 0 Å². The van der Waals surface area contributed by atoms with Crippen molar-refractivity contribution in [3.05, 3.63) is 59.7 Å². The molecule has 0 aliphatic rings. The van der Waals surface area contributed by atoms with E-state index >= 15 is 0 Å². The van der Waals surface area contributed by atoms with E-state index in [1.807, 2.05) is 0 Å². The van der Waals surface area contributed by atoms with E-state index in [1.54, 1.807) is 38.1 Å². The number of nitrogens with one attached hydrogen (secondary N) is 3. The molecule has 0 heterocycles. The van der Waals surface area contributed by atoms with E-state index in [9.17, 15) is 23.2 Å². The van der Waals surface area contributed by atoms with Gasteiger partial charge in [-0.25, -0.2) is 8.78 Å². The van der Waals surface area contributed by atoms with Crippen LogP contribution in [-0.2, 0) is 9.59 Å². The molecular formula is C20H21F2N3O3. The first-order valence-electron chi connectivity index (χ1n) is 8.62. The van der Waals surface area contributed by atoms with Crippen molar-refractivity contribution < 1.29 is 23.2 Å².